The molecule has 0 bridgehead atoms. The van der Waals surface area contributed by atoms with E-state index < -0.39 is 0 Å². The number of carbonyl (C=O) groups is 2. The molecule has 0 radical (unpaired) electrons. The smallest absolute Gasteiger partial charge is 0.230 e. The second-order valence-corrected chi connectivity index (χ2v) is 6.09. The molecular formula is C17H23NO3. The lowest BCUT2D eigenvalue weighted by Crippen LogP contribution is -2.45. The van der Waals surface area contributed by atoms with Crippen molar-refractivity contribution >= 4 is 11.8 Å². The molecule has 2 amide bonds. The van der Waals surface area contributed by atoms with Crippen molar-refractivity contribution in [2.75, 3.05) is 7.11 Å². The zero-order valence-electron chi connectivity index (χ0n) is 12.9. The van der Waals surface area contributed by atoms with Crippen LogP contribution in [0.15, 0.2) is 24.3 Å². The van der Waals surface area contributed by atoms with Crippen molar-refractivity contribution in [2.45, 2.75) is 39.2 Å². The van der Waals surface area contributed by atoms with E-state index in [-0.39, 0.29) is 23.7 Å². The van der Waals surface area contributed by atoms with Crippen LogP contribution in [-0.2, 0) is 20.9 Å². The highest BCUT2D eigenvalue weighted by Gasteiger charge is 2.37. The van der Waals surface area contributed by atoms with Gasteiger partial charge in [-0.25, -0.2) is 0 Å². The van der Waals surface area contributed by atoms with Crippen LogP contribution >= 0.6 is 0 Å². The number of carbonyl (C=O) groups excluding carboxylic acids is 2. The van der Waals surface area contributed by atoms with Gasteiger partial charge in [0.2, 0.25) is 11.8 Å². The lowest BCUT2D eigenvalue weighted by molar-refractivity contribution is -0.137. The Kier molecular flexibility index (Phi) is 5.12. The quantitative estimate of drug-likeness (QED) is 0.848. The molecule has 1 fully saturated rings. The maximum Gasteiger partial charge on any atom is 0.230 e. The van der Waals surface area contributed by atoms with Gasteiger partial charge >= 0.3 is 0 Å². The molecule has 0 saturated carbocycles. The standard InChI is InChI=1S/C17H23NO3/c1-11(2)8-15-14(9-16(19)18-17(15)20)13-7-5-4-6-12(13)10-21-3/h4-7,11,14-15H,8-10H2,1-3H3,(H,18,19,20). The zero-order valence-corrected chi connectivity index (χ0v) is 12.9. The molecule has 2 atom stereocenters. The molecule has 1 aliphatic heterocycles. The summed E-state index contributed by atoms with van der Waals surface area (Å²) in [6.07, 6.45) is 1.15. The van der Waals surface area contributed by atoms with Crippen molar-refractivity contribution in [2.24, 2.45) is 11.8 Å². The van der Waals surface area contributed by atoms with Crippen LogP contribution in [0.25, 0.3) is 0 Å². The van der Waals surface area contributed by atoms with Gasteiger partial charge in [0.15, 0.2) is 0 Å². The van der Waals surface area contributed by atoms with Crippen LogP contribution < -0.4 is 5.32 Å². The van der Waals surface area contributed by atoms with E-state index in [0.717, 1.165) is 17.5 Å². The first-order valence-corrected chi connectivity index (χ1v) is 7.43. The first-order chi connectivity index (χ1) is 10.0. The van der Waals surface area contributed by atoms with Crippen LogP contribution in [0.4, 0.5) is 0 Å². The van der Waals surface area contributed by atoms with Crippen LogP contribution in [0.3, 0.4) is 0 Å². The average molecular weight is 289 g/mol. The Labute approximate surface area is 125 Å². The summed E-state index contributed by atoms with van der Waals surface area (Å²) in [5, 5.41) is 2.48. The van der Waals surface area contributed by atoms with Gasteiger partial charge in [-0.1, -0.05) is 38.1 Å². The molecule has 0 spiro atoms. The summed E-state index contributed by atoms with van der Waals surface area (Å²) in [6.45, 7) is 4.69. The first-order valence-electron chi connectivity index (χ1n) is 7.43. The highest BCUT2D eigenvalue weighted by atomic mass is 16.5. The third-order valence-electron chi connectivity index (χ3n) is 3.97. The van der Waals surface area contributed by atoms with Gasteiger partial charge in [-0.05, 0) is 23.5 Å². The van der Waals surface area contributed by atoms with E-state index in [1.807, 2.05) is 24.3 Å². The van der Waals surface area contributed by atoms with Crippen LogP contribution in [0.5, 0.6) is 0 Å². The number of hydrogen-bond donors (Lipinski definition) is 1. The molecule has 21 heavy (non-hydrogen) atoms. The van der Waals surface area contributed by atoms with Crippen molar-refractivity contribution in [3.63, 3.8) is 0 Å². The predicted octanol–water partition coefficient (Wildman–Crippen LogP) is 2.63. The van der Waals surface area contributed by atoms with Crippen LogP contribution in [-0.4, -0.2) is 18.9 Å². The highest BCUT2D eigenvalue weighted by molar-refractivity contribution is 5.99. The molecule has 4 nitrogen and oxygen atoms in total. The number of ether oxygens (including phenoxy) is 1. The topological polar surface area (TPSA) is 55.4 Å². The van der Waals surface area contributed by atoms with E-state index >= 15 is 0 Å². The van der Waals surface area contributed by atoms with Gasteiger partial charge in [-0.2, -0.15) is 0 Å². The monoisotopic (exact) mass is 289 g/mol. The molecule has 1 aromatic rings. The highest BCUT2D eigenvalue weighted by Crippen LogP contribution is 2.37. The van der Waals surface area contributed by atoms with E-state index in [9.17, 15) is 9.59 Å². The van der Waals surface area contributed by atoms with Crippen molar-refractivity contribution in [1.82, 2.24) is 5.32 Å². The maximum atomic E-state index is 12.2. The number of piperidine rings is 1. The van der Waals surface area contributed by atoms with Gasteiger partial charge in [0, 0.05) is 25.4 Å². The molecule has 114 valence electrons. The third kappa shape index (κ3) is 3.70. The van der Waals surface area contributed by atoms with Crippen molar-refractivity contribution in [3.05, 3.63) is 35.4 Å². The summed E-state index contributed by atoms with van der Waals surface area (Å²) < 4.78 is 5.24. The van der Waals surface area contributed by atoms with Crippen LogP contribution in [0.2, 0.25) is 0 Å². The van der Waals surface area contributed by atoms with E-state index in [1.54, 1.807) is 7.11 Å². The second-order valence-electron chi connectivity index (χ2n) is 6.09. The summed E-state index contributed by atoms with van der Waals surface area (Å²) in [7, 11) is 1.65. The number of amides is 2. The predicted molar refractivity (Wildman–Crippen MR) is 80.6 cm³/mol. The minimum atomic E-state index is -0.183. The maximum absolute atomic E-state index is 12.2. The molecule has 1 N–H and O–H groups in total. The van der Waals surface area contributed by atoms with Crippen molar-refractivity contribution in [3.8, 4) is 0 Å². The average Bonchev–Trinajstić information content (AvgIpc) is 2.42. The first kappa shape index (κ1) is 15.7. The van der Waals surface area contributed by atoms with Gasteiger partial charge in [0.1, 0.15) is 0 Å². The number of nitrogens with one attached hydrogen (secondary N) is 1. The Morgan fingerprint density at radius 3 is 2.67 bits per heavy atom. The minimum Gasteiger partial charge on any atom is -0.380 e. The fourth-order valence-corrected chi connectivity index (χ4v) is 3.09. The molecule has 0 aliphatic carbocycles. The van der Waals surface area contributed by atoms with Crippen molar-refractivity contribution in [1.29, 1.82) is 0 Å². The van der Waals surface area contributed by atoms with Crippen molar-refractivity contribution < 1.29 is 14.3 Å². The molecule has 2 rings (SSSR count). The number of benzene rings is 1. The lowest BCUT2D eigenvalue weighted by atomic mass is 9.75. The summed E-state index contributed by atoms with van der Waals surface area (Å²) >= 11 is 0. The third-order valence-corrected chi connectivity index (χ3v) is 3.97. The molecular weight excluding hydrogens is 266 g/mol. The van der Waals surface area contributed by atoms with Gasteiger partial charge in [-0.15, -0.1) is 0 Å². The van der Waals surface area contributed by atoms with Crippen LogP contribution in [0, 0.1) is 11.8 Å². The molecule has 2 unspecified atom stereocenters. The minimum absolute atomic E-state index is 0.0556. The lowest BCUT2D eigenvalue weighted by Gasteiger charge is -2.32. The summed E-state index contributed by atoms with van der Waals surface area (Å²) in [5.41, 5.74) is 2.12. The number of methoxy groups -OCH3 is 1. The molecule has 4 heteroatoms. The Hall–Kier alpha value is -1.68. The Morgan fingerprint density at radius 2 is 2.00 bits per heavy atom. The molecule has 1 aromatic carbocycles. The van der Waals surface area contributed by atoms with Crippen LogP contribution in [0.1, 0.15) is 43.7 Å². The molecule has 1 saturated heterocycles. The zero-order chi connectivity index (χ0) is 15.4. The molecule has 0 aromatic heterocycles. The van der Waals surface area contributed by atoms with Gasteiger partial charge in [-0.3, -0.25) is 14.9 Å². The van der Waals surface area contributed by atoms with E-state index in [4.69, 9.17) is 4.74 Å². The Bertz CT molecular complexity index is 525. The van der Waals surface area contributed by atoms with E-state index in [0.29, 0.717) is 18.9 Å². The normalized spacial score (nSPS) is 22.5. The van der Waals surface area contributed by atoms with E-state index in [1.165, 1.54) is 0 Å². The second kappa shape index (κ2) is 6.85. The fourth-order valence-electron chi connectivity index (χ4n) is 3.09. The summed E-state index contributed by atoms with van der Waals surface area (Å²) in [6, 6.07) is 7.93. The number of imide groups is 1. The largest absolute Gasteiger partial charge is 0.380 e. The Balaban J connectivity index is 2.36. The molecule has 1 aliphatic rings. The van der Waals surface area contributed by atoms with Gasteiger partial charge in [0.25, 0.3) is 0 Å². The Morgan fingerprint density at radius 1 is 1.29 bits per heavy atom. The molecule has 1 heterocycles. The summed E-state index contributed by atoms with van der Waals surface area (Å²) in [4.78, 5) is 24.0. The summed E-state index contributed by atoms with van der Waals surface area (Å²) in [5.74, 6) is -0.124. The fraction of sp³-hybridized carbons (Fsp3) is 0.529. The van der Waals surface area contributed by atoms with Gasteiger partial charge < -0.3 is 4.74 Å². The van der Waals surface area contributed by atoms with Gasteiger partial charge in [0.05, 0.1) is 6.61 Å². The van der Waals surface area contributed by atoms with E-state index in [2.05, 4.69) is 19.2 Å². The number of rotatable bonds is 5. The SMILES string of the molecule is COCc1ccccc1C1CC(=O)NC(=O)C1CC(C)C. The number of hydrogen-bond acceptors (Lipinski definition) is 3.